The predicted molar refractivity (Wildman–Crippen MR) is 79.8 cm³/mol. The average molecular weight is 294 g/mol. The van der Waals surface area contributed by atoms with Crippen LogP contribution in [0.4, 0.5) is 4.39 Å². The molecule has 0 spiro atoms. The number of carbonyl (C=O) groups excluding carboxylic acids is 1. The van der Waals surface area contributed by atoms with Gasteiger partial charge in [-0.25, -0.2) is 4.39 Å². The molecule has 0 bridgehead atoms. The van der Waals surface area contributed by atoms with Crippen LogP contribution in [0.2, 0.25) is 0 Å². The second-order valence-electron chi connectivity index (χ2n) is 5.39. The van der Waals surface area contributed by atoms with Gasteiger partial charge in [-0.05, 0) is 39.8 Å². The van der Waals surface area contributed by atoms with E-state index in [2.05, 4.69) is 5.32 Å². The molecule has 1 fully saturated rings. The molecule has 0 aromatic heterocycles. The minimum absolute atomic E-state index is 0.0342. The lowest BCUT2D eigenvalue weighted by molar-refractivity contribution is -0.133. The van der Waals surface area contributed by atoms with E-state index in [4.69, 9.17) is 4.74 Å². The van der Waals surface area contributed by atoms with Crippen molar-refractivity contribution >= 4 is 5.91 Å². The SMILES string of the molecule is CCN(C(=O)COc1ccc(C(C)NC)c(F)c1)C1CC1. The number of rotatable bonds is 7. The number of amides is 1. The van der Waals surface area contributed by atoms with Crippen LogP contribution in [0.15, 0.2) is 18.2 Å². The highest BCUT2D eigenvalue weighted by molar-refractivity contribution is 5.78. The first-order chi connectivity index (χ1) is 10.1. The molecule has 4 nitrogen and oxygen atoms in total. The van der Waals surface area contributed by atoms with Crippen molar-refractivity contribution < 1.29 is 13.9 Å². The molecule has 1 unspecified atom stereocenters. The molecular weight excluding hydrogens is 271 g/mol. The van der Waals surface area contributed by atoms with Crippen molar-refractivity contribution in [1.82, 2.24) is 10.2 Å². The Morgan fingerprint density at radius 1 is 1.52 bits per heavy atom. The fourth-order valence-corrected chi connectivity index (χ4v) is 2.36. The number of ether oxygens (including phenoxy) is 1. The Hall–Kier alpha value is -1.62. The fraction of sp³-hybridized carbons (Fsp3) is 0.562. The zero-order chi connectivity index (χ0) is 15.4. The molecule has 1 aliphatic carbocycles. The summed E-state index contributed by atoms with van der Waals surface area (Å²) in [5.74, 6) is 0.0316. The second-order valence-corrected chi connectivity index (χ2v) is 5.39. The maximum absolute atomic E-state index is 14.0. The Morgan fingerprint density at radius 3 is 2.76 bits per heavy atom. The van der Waals surface area contributed by atoms with Gasteiger partial charge in [0, 0.05) is 30.3 Å². The molecule has 1 atom stereocenters. The molecule has 21 heavy (non-hydrogen) atoms. The molecule has 0 aliphatic heterocycles. The molecular formula is C16H23FN2O2. The lowest BCUT2D eigenvalue weighted by atomic mass is 10.1. The summed E-state index contributed by atoms with van der Waals surface area (Å²) in [4.78, 5) is 13.9. The van der Waals surface area contributed by atoms with E-state index in [1.807, 2.05) is 18.7 Å². The molecule has 1 aliphatic rings. The van der Waals surface area contributed by atoms with E-state index in [1.165, 1.54) is 6.07 Å². The molecule has 1 saturated carbocycles. The second kappa shape index (κ2) is 6.89. The van der Waals surface area contributed by atoms with Gasteiger partial charge in [0.25, 0.3) is 5.91 Å². The van der Waals surface area contributed by atoms with Crippen LogP contribution in [-0.2, 0) is 4.79 Å². The summed E-state index contributed by atoms with van der Waals surface area (Å²) >= 11 is 0. The third-order valence-corrected chi connectivity index (χ3v) is 3.88. The number of nitrogens with one attached hydrogen (secondary N) is 1. The monoisotopic (exact) mass is 294 g/mol. The van der Waals surface area contributed by atoms with Crippen molar-refractivity contribution in [3.05, 3.63) is 29.6 Å². The van der Waals surface area contributed by atoms with Gasteiger partial charge in [-0.2, -0.15) is 0 Å². The first-order valence-electron chi connectivity index (χ1n) is 7.45. The first kappa shape index (κ1) is 15.8. The summed E-state index contributed by atoms with van der Waals surface area (Å²) in [5, 5.41) is 2.99. The predicted octanol–water partition coefficient (Wildman–Crippen LogP) is 2.50. The molecule has 1 aromatic carbocycles. The Balaban J connectivity index is 1.94. The van der Waals surface area contributed by atoms with Crippen LogP contribution in [0.1, 0.15) is 38.3 Å². The van der Waals surface area contributed by atoms with Gasteiger partial charge < -0.3 is 15.0 Å². The third kappa shape index (κ3) is 3.94. The molecule has 0 radical (unpaired) electrons. The molecule has 1 amide bonds. The highest BCUT2D eigenvalue weighted by Crippen LogP contribution is 2.27. The van der Waals surface area contributed by atoms with Crippen molar-refractivity contribution in [2.75, 3.05) is 20.2 Å². The molecule has 2 rings (SSSR count). The summed E-state index contributed by atoms with van der Waals surface area (Å²) in [5.41, 5.74) is 0.587. The molecule has 0 saturated heterocycles. The van der Waals surface area contributed by atoms with Gasteiger partial charge >= 0.3 is 0 Å². The summed E-state index contributed by atoms with van der Waals surface area (Å²) in [6.07, 6.45) is 2.15. The van der Waals surface area contributed by atoms with Crippen molar-refractivity contribution in [3.8, 4) is 5.75 Å². The Kier molecular flexibility index (Phi) is 5.17. The lowest BCUT2D eigenvalue weighted by Crippen LogP contribution is -2.36. The van der Waals surface area contributed by atoms with E-state index >= 15 is 0 Å². The number of likely N-dealkylation sites (N-methyl/N-ethyl adjacent to an activating group) is 1. The minimum atomic E-state index is -0.323. The standard InChI is InChI=1S/C16H23FN2O2/c1-4-19(12-5-6-12)16(20)10-21-13-7-8-14(11(2)18-3)15(17)9-13/h7-9,11-12,18H,4-6,10H2,1-3H3. The van der Waals surface area contributed by atoms with Gasteiger partial charge in [-0.1, -0.05) is 6.07 Å². The smallest absolute Gasteiger partial charge is 0.260 e. The largest absolute Gasteiger partial charge is 0.484 e. The fourth-order valence-electron chi connectivity index (χ4n) is 2.36. The van der Waals surface area contributed by atoms with E-state index in [9.17, 15) is 9.18 Å². The van der Waals surface area contributed by atoms with E-state index in [0.29, 0.717) is 23.9 Å². The van der Waals surface area contributed by atoms with Crippen LogP contribution >= 0.6 is 0 Å². The van der Waals surface area contributed by atoms with Gasteiger partial charge in [0.05, 0.1) is 0 Å². The molecule has 5 heteroatoms. The normalized spacial score (nSPS) is 15.6. The van der Waals surface area contributed by atoms with Crippen LogP contribution in [0.25, 0.3) is 0 Å². The van der Waals surface area contributed by atoms with Crippen LogP contribution in [0, 0.1) is 5.82 Å². The number of hydrogen-bond donors (Lipinski definition) is 1. The quantitative estimate of drug-likeness (QED) is 0.840. The molecule has 116 valence electrons. The van der Waals surface area contributed by atoms with Crippen LogP contribution in [0.3, 0.4) is 0 Å². The van der Waals surface area contributed by atoms with Crippen molar-refractivity contribution in [2.24, 2.45) is 0 Å². The molecule has 1 N–H and O–H groups in total. The van der Waals surface area contributed by atoms with Gasteiger partial charge in [0.1, 0.15) is 11.6 Å². The third-order valence-electron chi connectivity index (χ3n) is 3.88. The van der Waals surface area contributed by atoms with Crippen molar-refractivity contribution in [1.29, 1.82) is 0 Å². The summed E-state index contributed by atoms with van der Waals surface area (Å²) in [6, 6.07) is 5.04. The van der Waals surface area contributed by atoms with Crippen molar-refractivity contribution in [3.63, 3.8) is 0 Å². The first-order valence-corrected chi connectivity index (χ1v) is 7.45. The molecule has 0 heterocycles. The summed E-state index contributed by atoms with van der Waals surface area (Å²) < 4.78 is 19.4. The number of benzene rings is 1. The Morgan fingerprint density at radius 2 is 2.24 bits per heavy atom. The Bertz CT molecular complexity index is 503. The number of hydrogen-bond acceptors (Lipinski definition) is 3. The zero-order valence-corrected chi connectivity index (χ0v) is 12.9. The highest BCUT2D eigenvalue weighted by atomic mass is 19.1. The van der Waals surface area contributed by atoms with E-state index < -0.39 is 0 Å². The highest BCUT2D eigenvalue weighted by Gasteiger charge is 2.31. The van der Waals surface area contributed by atoms with Crippen LogP contribution in [-0.4, -0.2) is 37.0 Å². The number of halogens is 1. The number of nitrogens with zero attached hydrogens (tertiary/aromatic N) is 1. The van der Waals surface area contributed by atoms with Crippen molar-refractivity contribution in [2.45, 2.75) is 38.8 Å². The summed E-state index contributed by atoms with van der Waals surface area (Å²) in [6.45, 7) is 4.51. The minimum Gasteiger partial charge on any atom is -0.484 e. The summed E-state index contributed by atoms with van der Waals surface area (Å²) in [7, 11) is 1.78. The van der Waals surface area contributed by atoms with Gasteiger partial charge in [0.15, 0.2) is 6.61 Å². The van der Waals surface area contributed by atoms with Crippen LogP contribution in [0.5, 0.6) is 5.75 Å². The van der Waals surface area contributed by atoms with Gasteiger partial charge in [-0.3, -0.25) is 4.79 Å². The van der Waals surface area contributed by atoms with E-state index in [-0.39, 0.29) is 24.4 Å². The van der Waals surface area contributed by atoms with E-state index in [1.54, 1.807) is 19.2 Å². The number of carbonyl (C=O) groups is 1. The van der Waals surface area contributed by atoms with Gasteiger partial charge in [0.2, 0.25) is 0 Å². The van der Waals surface area contributed by atoms with Gasteiger partial charge in [-0.15, -0.1) is 0 Å². The average Bonchev–Trinajstić information content (AvgIpc) is 3.30. The van der Waals surface area contributed by atoms with Crippen LogP contribution < -0.4 is 10.1 Å². The maximum Gasteiger partial charge on any atom is 0.260 e. The lowest BCUT2D eigenvalue weighted by Gasteiger charge is -2.20. The Labute approximate surface area is 125 Å². The topological polar surface area (TPSA) is 41.6 Å². The van der Waals surface area contributed by atoms with E-state index in [0.717, 1.165) is 12.8 Å². The maximum atomic E-state index is 14.0. The molecule has 1 aromatic rings. The zero-order valence-electron chi connectivity index (χ0n) is 12.9.